The van der Waals surface area contributed by atoms with E-state index in [1.807, 2.05) is 45.0 Å². The Balaban J connectivity index is 1.57. The Bertz CT molecular complexity index is 1030. The minimum absolute atomic E-state index is 0.194. The van der Waals surface area contributed by atoms with E-state index in [4.69, 9.17) is 0 Å². The van der Waals surface area contributed by atoms with Crippen LogP contribution in [-0.2, 0) is 19.2 Å². The van der Waals surface area contributed by atoms with E-state index in [2.05, 4.69) is 0 Å². The van der Waals surface area contributed by atoms with Crippen LogP contribution in [0.4, 0.5) is 0 Å². The topological polar surface area (TPSA) is 81.2 Å². The fraction of sp³-hybridized carbons (Fsp3) is 0.455. The molecule has 8 nitrogen and oxygen atoms in total. The maximum atomic E-state index is 13.5. The van der Waals surface area contributed by atoms with Crippen LogP contribution < -0.4 is 0 Å². The van der Waals surface area contributed by atoms with E-state index < -0.39 is 36.0 Å². The van der Waals surface area contributed by atoms with Crippen LogP contribution in [0.2, 0.25) is 0 Å². The largest absolute Gasteiger partial charge is 0.281 e. The summed E-state index contributed by atoms with van der Waals surface area (Å²) in [7, 11) is 0. The van der Waals surface area contributed by atoms with Crippen molar-refractivity contribution in [2.24, 2.45) is 11.8 Å². The Morgan fingerprint density at radius 1 is 0.656 bits per heavy atom. The summed E-state index contributed by atoms with van der Waals surface area (Å²) in [6, 6.07) is 5.44. The lowest BCUT2D eigenvalue weighted by molar-refractivity contribution is -0.152. The van der Waals surface area contributed by atoms with E-state index in [0.717, 1.165) is 9.75 Å². The molecule has 0 spiro atoms. The molecule has 0 saturated carbocycles. The van der Waals surface area contributed by atoms with Crippen molar-refractivity contribution in [3.05, 3.63) is 44.8 Å². The quantitative estimate of drug-likeness (QED) is 0.635. The summed E-state index contributed by atoms with van der Waals surface area (Å²) in [5.74, 6) is -2.05. The van der Waals surface area contributed by atoms with Crippen LogP contribution in [-0.4, -0.2) is 68.6 Å². The first-order valence-corrected chi connectivity index (χ1v) is 12.6. The zero-order valence-corrected chi connectivity index (χ0v) is 19.2. The summed E-state index contributed by atoms with van der Waals surface area (Å²) in [5.41, 5.74) is 0. The molecule has 0 N–H and O–H groups in total. The van der Waals surface area contributed by atoms with E-state index >= 15 is 0 Å². The lowest BCUT2D eigenvalue weighted by Crippen LogP contribution is -2.49. The summed E-state index contributed by atoms with van der Waals surface area (Å²) in [5, 5.41) is 7.73. The van der Waals surface area contributed by atoms with Gasteiger partial charge in [-0.15, -0.1) is 22.7 Å². The van der Waals surface area contributed by atoms with Gasteiger partial charge in [0, 0.05) is 22.8 Å². The van der Waals surface area contributed by atoms with Crippen molar-refractivity contribution in [3.63, 3.8) is 0 Å². The number of fused-ring (bicyclic) bond motifs is 5. The summed E-state index contributed by atoms with van der Waals surface area (Å²) >= 11 is 3.03. The zero-order valence-electron chi connectivity index (χ0n) is 17.6. The number of imide groups is 2. The number of amides is 4. The number of hydrazine groups is 1. The highest BCUT2D eigenvalue weighted by atomic mass is 32.1. The van der Waals surface area contributed by atoms with Gasteiger partial charge in [0.1, 0.15) is 12.1 Å². The minimum atomic E-state index is -0.706. The Morgan fingerprint density at radius 3 is 1.38 bits per heavy atom. The molecule has 10 heteroatoms. The second-order valence-electron chi connectivity index (χ2n) is 8.46. The van der Waals surface area contributed by atoms with E-state index in [1.165, 1.54) is 32.5 Å². The molecule has 2 aromatic rings. The number of nitrogens with zero attached hydrogens (tertiary/aromatic N) is 4. The van der Waals surface area contributed by atoms with Crippen molar-refractivity contribution in [1.82, 2.24) is 19.8 Å². The van der Waals surface area contributed by atoms with Gasteiger partial charge in [0.15, 0.2) is 0 Å². The first-order chi connectivity index (χ1) is 15.5. The Morgan fingerprint density at radius 2 is 1.06 bits per heavy atom. The van der Waals surface area contributed by atoms with Crippen LogP contribution in [0.3, 0.4) is 0 Å². The van der Waals surface area contributed by atoms with Crippen molar-refractivity contribution in [2.45, 2.75) is 38.0 Å². The molecule has 4 aliphatic heterocycles. The monoisotopic (exact) mass is 470 g/mol. The number of thiophene rings is 2. The third-order valence-electron chi connectivity index (χ3n) is 7.21. The number of carbonyl (C=O) groups excluding carboxylic acids is 4. The fourth-order valence-electron chi connectivity index (χ4n) is 6.05. The van der Waals surface area contributed by atoms with Gasteiger partial charge in [0.2, 0.25) is 23.6 Å². The molecule has 4 aliphatic rings. The summed E-state index contributed by atoms with van der Waals surface area (Å²) < 4.78 is 0. The predicted molar refractivity (Wildman–Crippen MR) is 117 cm³/mol. The number of rotatable bonds is 4. The average molecular weight is 471 g/mol. The van der Waals surface area contributed by atoms with E-state index in [1.54, 1.807) is 13.8 Å². The van der Waals surface area contributed by atoms with Crippen molar-refractivity contribution in [1.29, 1.82) is 0 Å². The van der Waals surface area contributed by atoms with Crippen LogP contribution in [0.1, 0.15) is 35.7 Å². The molecular formula is C22H22N4O4S2. The van der Waals surface area contributed by atoms with Gasteiger partial charge >= 0.3 is 0 Å². The molecule has 32 heavy (non-hydrogen) atoms. The highest BCUT2D eigenvalue weighted by molar-refractivity contribution is 7.10. The van der Waals surface area contributed by atoms with Crippen LogP contribution in [0.5, 0.6) is 0 Å². The van der Waals surface area contributed by atoms with Crippen molar-refractivity contribution in [2.75, 3.05) is 13.1 Å². The lowest BCUT2D eigenvalue weighted by Gasteiger charge is -2.34. The fourth-order valence-corrected chi connectivity index (χ4v) is 7.78. The van der Waals surface area contributed by atoms with Gasteiger partial charge in [-0.1, -0.05) is 12.1 Å². The molecule has 6 atom stereocenters. The maximum Gasteiger partial charge on any atom is 0.248 e. The Kier molecular flexibility index (Phi) is 4.45. The summed E-state index contributed by atoms with van der Waals surface area (Å²) in [4.78, 5) is 58.3. The standard InChI is InChI=1S/C22H22N4O4S2/c1-3-23-19(27)13-15(11-7-5-9-31-11)26-18-14(20(28)24(4-2)22(18)30)16(12-8-6-10-32-12)25(26)17(13)21(23)29/h5-10,13-18H,3-4H2,1-2H3/t13-,14-,15-,16+,17+,18+/m1/s1. The van der Waals surface area contributed by atoms with E-state index in [-0.39, 0.29) is 23.6 Å². The molecule has 2 aromatic heterocycles. The molecule has 0 aromatic carbocycles. The molecule has 0 bridgehead atoms. The molecule has 0 radical (unpaired) electrons. The first kappa shape index (κ1) is 20.2. The van der Waals surface area contributed by atoms with Gasteiger partial charge < -0.3 is 0 Å². The second kappa shape index (κ2) is 7.05. The SMILES string of the molecule is CCN1C(=O)[C@H]2[C@@H](C1=O)N1[C@H](c3cccs3)[C@H]3C(=O)N(CC)C(=O)[C@H]3N1[C@H]2c1cccs1. The average Bonchev–Trinajstić information content (AvgIpc) is 3.58. The predicted octanol–water partition coefficient (Wildman–Crippen LogP) is 1.89. The number of likely N-dealkylation sites (N-methyl/N-ethyl adjacent to an activating group) is 2. The van der Waals surface area contributed by atoms with Crippen LogP contribution >= 0.6 is 22.7 Å². The molecule has 6 rings (SSSR count). The third kappa shape index (κ3) is 2.33. The van der Waals surface area contributed by atoms with Crippen molar-refractivity contribution < 1.29 is 19.2 Å². The molecule has 0 aliphatic carbocycles. The number of hydrogen-bond donors (Lipinski definition) is 0. The van der Waals surface area contributed by atoms with Gasteiger partial charge in [0.25, 0.3) is 0 Å². The maximum absolute atomic E-state index is 13.5. The number of carbonyl (C=O) groups is 4. The van der Waals surface area contributed by atoms with Crippen molar-refractivity contribution >= 4 is 46.3 Å². The van der Waals surface area contributed by atoms with Gasteiger partial charge in [0.05, 0.1) is 23.9 Å². The summed E-state index contributed by atoms with van der Waals surface area (Å²) in [6.07, 6.45) is 0. The molecule has 166 valence electrons. The highest BCUT2D eigenvalue weighted by Gasteiger charge is 2.73. The van der Waals surface area contributed by atoms with Crippen LogP contribution in [0.25, 0.3) is 0 Å². The molecule has 4 saturated heterocycles. The zero-order chi connectivity index (χ0) is 22.3. The molecular weight excluding hydrogens is 448 g/mol. The van der Waals surface area contributed by atoms with E-state index in [0.29, 0.717) is 13.1 Å². The smallest absolute Gasteiger partial charge is 0.248 e. The van der Waals surface area contributed by atoms with Gasteiger partial charge in [-0.25, -0.2) is 10.0 Å². The third-order valence-corrected chi connectivity index (χ3v) is 9.10. The van der Waals surface area contributed by atoms with Gasteiger partial charge in [-0.3, -0.25) is 29.0 Å². The van der Waals surface area contributed by atoms with Gasteiger partial charge in [-0.05, 0) is 36.7 Å². The Labute approximate surface area is 193 Å². The summed E-state index contributed by atoms with van der Waals surface area (Å²) in [6.45, 7) is 4.23. The minimum Gasteiger partial charge on any atom is -0.281 e. The first-order valence-electron chi connectivity index (χ1n) is 10.8. The second-order valence-corrected chi connectivity index (χ2v) is 10.4. The molecule has 0 unspecified atom stereocenters. The normalized spacial score (nSPS) is 34.7. The number of likely N-dealkylation sites (tertiary alicyclic amines) is 2. The lowest BCUT2D eigenvalue weighted by atomic mass is 9.88. The molecule has 6 heterocycles. The van der Waals surface area contributed by atoms with E-state index in [9.17, 15) is 19.2 Å². The van der Waals surface area contributed by atoms with Crippen molar-refractivity contribution in [3.8, 4) is 0 Å². The molecule has 4 fully saturated rings. The Hall–Kier alpha value is -2.40. The number of hydrogen-bond acceptors (Lipinski definition) is 8. The van der Waals surface area contributed by atoms with Gasteiger partial charge in [-0.2, -0.15) is 0 Å². The molecule has 4 amide bonds. The van der Waals surface area contributed by atoms with Crippen LogP contribution in [0.15, 0.2) is 35.0 Å². The highest BCUT2D eigenvalue weighted by Crippen LogP contribution is 2.59. The van der Waals surface area contributed by atoms with Crippen LogP contribution in [0, 0.1) is 11.8 Å².